The zero-order valence-corrected chi connectivity index (χ0v) is 32.6. The van der Waals surface area contributed by atoms with Gasteiger partial charge in [0, 0.05) is 16.2 Å². The zero-order valence-electron chi connectivity index (χ0n) is 32.6. The van der Waals surface area contributed by atoms with Crippen LogP contribution in [0.15, 0.2) is 158 Å². The molecule has 53 heavy (non-hydrogen) atoms. The van der Waals surface area contributed by atoms with Crippen LogP contribution in [0.5, 0.6) is 0 Å². The van der Waals surface area contributed by atoms with Gasteiger partial charge >= 0.3 is 6.18 Å². The van der Waals surface area contributed by atoms with Crippen LogP contribution < -0.4 is 0 Å². The lowest BCUT2D eigenvalue weighted by Crippen LogP contribution is -2.56. The monoisotopic (exact) mass is 710 g/mol. The van der Waals surface area contributed by atoms with Gasteiger partial charge in [-0.2, -0.15) is 13.2 Å². The molecule has 0 aliphatic rings. The summed E-state index contributed by atoms with van der Waals surface area (Å²) in [5.74, 6) is 0. The Morgan fingerprint density at radius 1 is 0.302 bits per heavy atom. The van der Waals surface area contributed by atoms with Gasteiger partial charge in [-0.3, -0.25) is 0 Å². The predicted molar refractivity (Wildman–Crippen MR) is 217 cm³/mol. The van der Waals surface area contributed by atoms with E-state index >= 15 is 13.2 Å². The lowest BCUT2D eigenvalue weighted by molar-refractivity contribution is -0.195. The van der Waals surface area contributed by atoms with Gasteiger partial charge in [0.1, 0.15) is 5.41 Å². The number of aryl methyl sites for hydroxylation is 4. The fraction of sp³-hybridized carbons (Fsp3) is 0.280. The van der Waals surface area contributed by atoms with E-state index in [1.807, 2.05) is 19.9 Å². The summed E-state index contributed by atoms with van der Waals surface area (Å²) < 4.78 is 45.4. The summed E-state index contributed by atoms with van der Waals surface area (Å²) in [5.41, 5.74) is 6.07. The Morgan fingerprint density at radius 3 is 0.849 bits per heavy atom. The van der Waals surface area contributed by atoms with Gasteiger partial charge in [0.25, 0.3) is 0 Å². The van der Waals surface area contributed by atoms with E-state index in [0.29, 0.717) is 5.56 Å². The first kappa shape index (κ1) is 39.3. The molecular formula is C50H53F3. The molecule has 0 spiro atoms. The molecule has 6 rings (SSSR count). The smallest absolute Gasteiger partial charge is 0.170 e. The van der Waals surface area contributed by atoms with Crippen LogP contribution >= 0.6 is 0 Å². The number of alkyl halides is 3. The molecule has 0 radical (unpaired) electrons. The summed E-state index contributed by atoms with van der Waals surface area (Å²) in [5, 5.41) is 0. The average Bonchev–Trinajstić information content (AvgIpc) is 3.14. The van der Waals surface area contributed by atoms with Gasteiger partial charge in [0.05, 0.1) is 0 Å². The highest BCUT2D eigenvalue weighted by molar-refractivity contribution is 5.51. The van der Waals surface area contributed by atoms with Crippen molar-refractivity contribution >= 4 is 0 Å². The van der Waals surface area contributed by atoms with Crippen molar-refractivity contribution in [1.29, 1.82) is 0 Å². The quantitative estimate of drug-likeness (QED) is 0.148. The summed E-state index contributed by atoms with van der Waals surface area (Å²) in [6.45, 7) is 18.6. The van der Waals surface area contributed by atoms with Gasteiger partial charge in [0.15, 0.2) is 0 Å². The van der Waals surface area contributed by atoms with Crippen molar-refractivity contribution in [2.75, 3.05) is 0 Å². The first-order valence-corrected chi connectivity index (χ1v) is 18.4. The van der Waals surface area contributed by atoms with E-state index in [1.54, 1.807) is 86.6 Å². The largest absolute Gasteiger partial charge is 0.403 e. The molecule has 6 aromatic carbocycles. The van der Waals surface area contributed by atoms with E-state index in [1.165, 1.54) is 27.8 Å². The molecule has 6 aromatic rings. The Hall–Kier alpha value is -4.89. The first-order valence-electron chi connectivity index (χ1n) is 18.4. The zero-order chi connectivity index (χ0) is 38.7. The van der Waals surface area contributed by atoms with Crippen LogP contribution in [-0.4, -0.2) is 6.18 Å². The number of hydrogen-bond acceptors (Lipinski definition) is 0. The Balaban J connectivity index is 0.000000206. The molecule has 0 nitrogen and oxygen atoms in total. The van der Waals surface area contributed by atoms with Crippen molar-refractivity contribution in [2.24, 2.45) is 0 Å². The van der Waals surface area contributed by atoms with Crippen LogP contribution in [0.3, 0.4) is 0 Å². The van der Waals surface area contributed by atoms with E-state index in [2.05, 4.69) is 113 Å². The maximum Gasteiger partial charge on any atom is 0.403 e. The molecule has 0 bridgehead atoms. The van der Waals surface area contributed by atoms with Crippen molar-refractivity contribution in [3.8, 4) is 0 Å². The van der Waals surface area contributed by atoms with E-state index in [-0.39, 0.29) is 22.0 Å². The predicted octanol–water partition coefficient (Wildman–Crippen LogP) is 13.7. The molecule has 0 atom stereocenters. The first-order chi connectivity index (χ1) is 25.0. The normalized spacial score (nSPS) is 12.5. The second kappa shape index (κ2) is 15.2. The highest BCUT2D eigenvalue weighted by atomic mass is 19.4. The molecule has 0 unspecified atom stereocenters. The third-order valence-electron chi connectivity index (χ3n) is 11.8. The average molecular weight is 711 g/mol. The van der Waals surface area contributed by atoms with Crippen molar-refractivity contribution < 1.29 is 13.2 Å². The minimum atomic E-state index is -4.50. The van der Waals surface area contributed by atoms with Crippen LogP contribution in [-0.2, 0) is 21.7 Å². The van der Waals surface area contributed by atoms with Gasteiger partial charge in [-0.1, -0.05) is 215 Å². The summed E-state index contributed by atoms with van der Waals surface area (Å²) >= 11 is 0. The SMILES string of the molecule is Cc1ccc(C(C)(c2ccc(C)cc2)C(C)(C)c2ccccc2)cc1.Cc1ccc(C(c2ccc(C)cc2)(C(F)(F)F)C(C)(C)c2ccccc2)cc1. The minimum Gasteiger partial charge on any atom is -0.170 e. The number of halogens is 3. The van der Waals surface area contributed by atoms with Gasteiger partial charge in [-0.15, -0.1) is 0 Å². The molecule has 0 N–H and O–H groups in total. The second-order valence-electron chi connectivity index (χ2n) is 15.8. The number of hydrogen-bond donors (Lipinski definition) is 0. The van der Waals surface area contributed by atoms with Crippen LogP contribution in [0, 0.1) is 27.7 Å². The standard InChI is InChI=1S/C25H25F3.C25H28/c1-18-10-14-21(15-11-18)24(25(26,27)28,22-16-12-19(2)13-17-22)23(3,4)20-8-6-5-7-9-20;1-19-11-15-22(16-12-19)25(5,23-17-13-20(2)14-18-23)24(3,4)21-9-7-6-8-10-21/h5-17H,1-4H3;6-18H,1-5H3. The molecule has 0 aliphatic heterocycles. The Morgan fingerprint density at radius 2 is 0.566 bits per heavy atom. The molecule has 0 saturated carbocycles. The van der Waals surface area contributed by atoms with E-state index in [4.69, 9.17) is 0 Å². The van der Waals surface area contributed by atoms with E-state index < -0.39 is 17.0 Å². The molecule has 274 valence electrons. The van der Waals surface area contributed by atoms with Crippen LogP contribution in [0.2, 0.25) is 0 Å². The number of benzene rings is 6. The van der Waals surface area contributed by atoms with Gasteiger partial charge in [0.2, 0.25) is 0 Å². The van der Waals surface area contributed by atoms with Gasteiger partial charge < -0.3 is 0 Å². The topological polar surface area (TPSA) is 0 Å². The summed E-state index contributed by atoms with van der Waals surface area (Å²) in [7, 11) is 0. The van der Waals surface area contributed by atoms with Crippen molar-refractivity contribution in [3.63, 3.8) is 0 Å². The fourth-order valence-electron chi connectivity index (χ4n) is 8.05. The van der Waals surface area contributed by atoms with Crippen molar-refractivity contribution in [2.45, 2.75) is 90.1 Å². The summed E-state index contributed by atoms with van der Waals surface area (Å²) in [4.78, 5) is 0. The van der Waals surface area contributed by atoms with Crippen LogP contribution in [0.1, 0.15) is 90.3 Å². The van der Waals surface area contributed by atoms with Crippen molar-refractivity contribution in [1.82, 2.24) is 0 Å². The molecule has 0 heterocycles. The van der Waals surface area contributed by atoms with Crippen LogP contribution in [0.4, 0.5) is 13.2 Å². The molecule has 0 amide bonds. The molecule has 0 aromatic heterocycles. The Labute approximate surface area is 315 Å². The third-order valence-corrected chi connectivity index (χ3v) is 11.8. The maximum absolute atomic E-state index is 15.1. The fourth-order valence-corrected chi connectivity index (χ4v) is 8.05. The van der Waals surface area contributed by atoms with Gasteiger partial charge in [-0.25, -0.2) is 0 Å². The lowest BCUT2D eigenvalue weighted by Gasteiger charge is -2.49. The van der Waals surface area contributed by atoms with Crippen molar-refractivity contribution in [3.05, 3.63) is 213 Å². The maximum atomic E-state index is 15.1. The summed E-state index contributed by atoms with van der Waals surface area (Å²) in [6.07, 6.45) is -4.50. The minimum absolute atomic E-state index is 0.0568. The Kier molecular flexibility index (Phi) is 11.3. The molecule has 0 fully saturated rings. The molecule has 0 saturated heterocycles. The van der Waals surface area contributed by atoms with E-state index in [0.717, 1.165) is 11.1 Å². The highest BCUT2D eigenvalue weighted by Gasteiger charge is 2.65. The summed E-state index contributed by atoms with van der Waals surface area (Å²) in [6, 6.07) is 51.4. The molecule has 0 aliphatic carbocycles. The highest BCUT2D eigenvalue weighted by Crippen LogP contribution is 2.58. The lowest BCUT2D eigenvalue weighted by atomic mass is 9.55. The number of rotatable bonds is 8. The third kappa shape index (κ3) is 7.36. The van der Waals surface area contributed by atoms with E-state index in [9.17, 15) is 0 Å². The Bertz CT molecular complexity index is 1960. The molecular weight excluding hydrogens is 658 g/mol. The molecule has 3 heteroatoms. The van der Waals surface area contributed by atoms with Crippen LogP contribution in [0.25, 0.3) is 0 Å². The van der Waals surface area contributed by atoms with Gasteiger partial charge in [-0.05, 0) is 61.1 Å². The second-order valence-corrected chi connectivity index (χ2v) is 15.8.